The molecule has 0 saturated carbocycles. The Kier molecular flexibility index (Phi) is 4.76. The van der Waals surface area contributed by atoms with E-state index in [-0.39, 0.29) is 0 Å². The Morgan fingerprint density at radius 3 is 2.50 bits per heavy atom. The zero-order valence-electron chi connectivity index (χ0n) is 13.8. The van der Waals surface area contributed by atoms with Gasteiger partial charge in [0.05, 0.1) is 11.9 Å². The molecular weight excluding hydrogens is 366 g/mol. The summed E-state index contributed by atoms with van der Waals surface area (Å²) in [6.45, 7) is 6.21. The number of halogens is 1. The topological polar surface area (TPSA) is 62.7 Å². The Morgan fingerprint density at radius 2 is 1.75 bits per heavy atom. The van der Waals surface area contributed by atoms with Gasteiger partial charge in [0, 0.05) is 10.2 Å². The molecule has 122 valence electrons. The van der Waals surface area contributed by atoms with Crippen LogP contribution in [0, 0.1) is 20.8 Å². The third-order valence-electron chi connectivity index (χ3n) is 3.71. The lowest BCUT2D eigenvalue weighted by Crippen LogP contribution is -2.03. The van der Waals surface area contributed by atoms with E-state index in [2.05, 4.69) is 67.7 Å². The molecule has 24 heavy (non-hydrogen) atoms. The maximum atomic E-state index is 4.46. The maximum Gasteiger partial charge on any atom is 0.249 e. The van der Waals surface area contributed by atoms with Crippen LogP contribution in [0.2, 0.25) is 0 Å². The molecule has 0 aliphatic carbocycles. The summed E-state index contributed by atoms with van der Waals surface area (Å²) in [6, 6.07) is 12.2. The molecule has 2 N–H and O–H groups in total. The van der Waals surface area contributed by atoms with Crippen LogP contribution in [0.1, 0.15) is 16.7 Å². The monoisotopic (exact) mass is 383 g/mol. The van der Waals surface area contributed by atoms with Gasteiger partial charge in [-0.05, 0) is 77.7 Å². The van der Waals surface area contributed by atoms with E-state index in [0.29, 0.717) is 11.8 Å². The van der Waals surface area contributed by atoms with E-state index in [1.807, 2.05) is 31.2 Å². The summed E-state index contributed by atoms with van der Waals surface area (Å²) in [5, 5.41) is 14.5. The summed E-state index contributed by atoms with van der Waals surface area (Å²) in [5.41, 5.74) is 5.52. The summed E-state index contributed by atoms with van der Waals surface area (Å²) in [6.07, 6.45) is 1.60. The van der Waals surface area contributed by atoms with Crippen LogP contribution >= 0.6 is 15.9 Å². The average Bonchev–Trinajstić information content (AvgIpc) is 2.54. The largest absolute Gasteiger partial charge is 0.338 e. The van der Waals surface area contributed by atoms with Gasteiger partial charge in [-0.15, -0.1) is 5.10 Å². The Bertz CT molecular complexity index is 879. The highest BCUT2D eigenvalue weighted by Crippen LogP contribution is 2.26. The Morgan fingerprint density at radius 1 is 0.917 bits per heavy atom. The number of hydrogen-bond acceptors (Lipinski definition) is 5. The molecule has 1 aromatic heterocycles. The van der Waals surface area contributed by atoms with Gasteiger partial charge in [-0.1, -0.05) is 12.1 Å². The predicted molar refractivity (Wildman–Crippen MR) is 101 cm³/mol. The molecule has 0 amide bonds. The Hall–Kier alpha value is -2.47. The molecule has 6 heteroatoms. The van der Waals surface area contributed by atoms with E-state index >= 15 is 0 Å². The number of anilines is 4. The van der Waals surface area contributed by atoms with Crippen molar-refractivity contribution in [3.05, 3.63) is 63.8 Å². The standard InChI is InChI=1S/C18H18BrN5/c1-11-4-7-16(15(19)8-11)22-17-10-20-24-18(23-17)21-14-6-5-12(2)13(3)9-14/h4-10H,1-3H3,(H2,21,22,23,24). The minimum absolute atomic E-state index is 0.450. The lowest BCUT2D eigenvalue weighted by Gasteiger charge is -2.10. The fourth-order valence-corrected chi connectivity index (χ4v) is 2.82. The fourth-order valence-electron chi connectivity index (χ4n) is 2.22. The normalized spacial score (nSPS) is 10.5. The van der Waals surface area contributed by atoms with Crippen LogP contribution in [-0.4, -0.2) is 15.2 Å². The van der Waals surface area contributed by atoms with Crippen molar-refractivity contribution in [1.29, 1.82) is 0 Å². The molecule has 0 radical (unpaired) electrons. The molecule has 2 aromatic carbocycles. The van der Waals surface area contributed by atoms with Crippen molar-refractivity contribution in [3.8, 4) is 0 Å². The van der Waals surface area contributed by atoms with Gasteiger partial charge in [0.1, 0.15) is 0 Å². The molecule has 5 nitrogen and oxygen atoms in total. The highest BCUT2D eigenvalue weighted by Gasteiger charge is 2.05. The second-order valence-electron chi connectivity index (χ2n) is 5.70. The van der Waals surface area contributed by atoms with Crippen molar-refractivity contribution in [2.75, 3.05) is 10.6 Å². The smallest absolute Gasteiger partial charge is 0.249 e. The van der Waals surface area contributed by atoms with Crippen LogP contribution in [0.25, 0.3) is 0 Å². The molecule has 0 aliphatic heterocycles. The predicted octanol–water partition coefficient (Wildman–Crippen LogP) is 5.05. The van der Waals surface area contributed by atoms with Crippen LogP contribution in [-0.2, 0) is 0 Å². The molecule has 0 fully saturated rings. The van der Waals surface area contributed by atoms with E-state index in [1.54, 1.807) is 6.20 Å². The maximum absolute atomic E-state index is 4.46. The second-order valence-corrected chi connectivity index (χ2v) is 6.55. The van der Waals surface area contributed by atoms with Crippen LogP contribution in [0.4, 0.5) is 23.1 Å². The van der Waals surface area contributed by atoms with Gasteiger partial charge < -0.3 is 10.6 Å². The van der Waals surface area contributed by atoms with Crippen molar-refractivity contribution in [3.63, 3.8) is 0 Å². The first-order chi connectivity index (χ1) is 11.5. The molecule has 0 aliphatic rings. The number of nitrogens with one attached hydrogen (secondary N) is 2. The molecule has 3 aromatic rings. The Balaban J connectivity index is 1.79. The highest BCUT2D eigenvalue weighted by molar-refractivity contribution is 9.10. The van der Waals surface area contributed by atoms with Crippen molar-refractivity contribution in [2.45, 2.75) is 20.8 Å². The van der Waals surface area contributed by atoms with Crippen LogP contribution in [0.3, 0.4) is 0 Å². The molecule has 0 unspecified atom stereocenters. The number of benzene rings is 2. The molecule has 0 bridgehead atoms. The Labute approximate surface area is 149 Å². The fraction of sp³-hybridized carbons (Fsp3) is 0.167. The summed E-state index contributed by atoms with van der Waals surface area (Å²) in [5.74, 6) is 1.08. The zero-order valence-corrected chi connectivity index (χ0v) is 15.3. The van der Waals surface area contributed by atoms with Gasteiger partial charge in [-0.25, -0.2) is 0 Å². The molecule has 0 spiro atoms. The summed E-state index contributed by atoms with van der Waals surface area (Å²) in [4.78, 5) is 4.46. The lowest BCUT2D eigenvalue weighted by molar-refractivity contribution is 0.982. The van der Waals surface area contributed by atoms with E-state index in [9.17, 15) is 0 Å². The second kappa shape index (κ2) is 6.97. The van der Waals surface area contributed by atoms with Crippen molar-refractivity contribution in [2.24, 2.45) is 0 Å². The number of hydrogen-bond donors (Lipinski definition) is 2. The van der Waals surface area contributed by atoms with Gasteiger partial charge >= 0.3 is 0 Å². The van der Waals surface area contributed by atoms with Gasteiger partial charge in [0.15, 0.2) is 5.82 Å². The minimum Gasteiger partial charge on any atom is -0.338 e. The zero-order chi connectivity index (χ0) is 17.1. The van der Waals surface area contributed by atoms with E-state index in [1.165, 1.54) is 16.7 Å². The molecule has 3 rings (SSSR count). The van der Waals surface area contributed by atoms with Crippen molar-refractivity contribution < 1.29 is 0 Å². The quantitative estimate of drug-likeness (QED) is 0.659. The number of nitrogens with zero attached hydrogens (tertiary/aromatic N) is 3. The van der Waals surface area contributed by atoms with E-state index in [4.69, 9.17) is 0 Å². The number of aromatic nitrogens is 3. The van der Waals surface area contributed by atoms with Crippen LogP contribution < -0.4 is 10.6 Å². The molecular formula is C18H18BrN5. The van der Waals surface area contributed by atoms with Crippen LogP contribution in [0.5, 0.6) is 0 Å². The van der Waals surface area contributed by atoms with Crippen molar-refractivity contribution >= 4 is 39.1 Å². The summed E-state index contributed by atoms with van der Waals surface area (Å²) < 4.78 is 0.977. The number of aryl methyl sites for hydroxylation is 3. The SMILES string of the molecule is Cc1ccc(Nc2cnnc(Nc3ccc(C)c(C)c3)n2)c(Br)c1. The molecule has 0 atom stereocenters. The van der Waals surface area contributed by atoms with Gasteiger partial charge in [-0.2, -0.15) is 10.1 Å². The van der Waals surface area contributed by atoms with Gasteiger partial charge in [-0.3, -0.25) is 0 Å². The lowest BCUT2D eigenvalue weighted by atomic mass is 10.1. The summed E-state index contributed by atoms with van der Waals surface area (Å²) >= 11 is 3.55. The first kappa shape index (κ1) is 16.4. The first-order valence-corrected chi connectivity index (χ1v) is 8.38. The van der Waals surface area contributed by atoms with E-state index in [0.717, 1.165) is 15.8 Å². The summed E-state index contributed by atoms with van der Waals surface area (Å²) in [7, 11) is 0. The third kappa shape index (κ3) is 3.89. The molecule has 1 heterocycles. The van der Waals surface area contributed by atoms with Crippen LogP contribution in [0.15, 0.2) is 47.1 Å². The minimum atomic E-state index is 0.450. The number of rotatable bonds is 4. The highest BCUT2D eigenvalue weighted by atomic mass is 79.9. The first-order valence-electron chi connectivity index (χ1n) is 7.58. The van der Waals surface area contributed by atoms with Crippen molar-refractivity contribution in [1.82, 2.24) is 15.2 Å². The van der Waals surface area contributed by atoms with Gasteiger partial charge in [0.25, 0.3) is 0 Å². The van der Waals surface area contributed by atoms with Gasteiger partial charge in [0.2, 0.25) is 5.95 Å². The average molecular weight is 384 g/mol. The third-order valence-corrected chi connectivity index (χ3v) is 4.37. The molecule has 0 saturated heterocycles. The van der Waals surface area contributed by atoms with E-state index < -0.39 is 0 Å².